The third kappa shape index (κ3) is 4.95. The minimum atomic E-state index is -0.516. The lowest BCUT2D eigenvalue weighted by atomic mass is 9.84. The van der Waals surface area contributed by atoms with Crippen molar-refractivity contribution in [3.63, 3.8) is 0 Å². The fourth-order valence-electron chi connectivity index (χ4n) is 2.33. The molecule has 2 amide bonds. The number of anilines is 2. The zero-order chi connectivity index (χ0) is 16.9. The maximum Gasteiger partial charge on any atom is 0.230 e. The van der Waals surface area contributed by atoms with Crippen LogP contribution in [0.15, 0.2) is 54.6 Å². The summed E-state index contributed by atoms with van der Waals surface area (Å²) in [6, 6.07) is 17.1. The molecule has 4 nitrogen and oxygen atoms in total. The van der Waals surface area contributed by atoms with Gasteiger partial charge in [0, 0.05) is 23.7 Å². The van der Waals surface area contributed by atoms with Crippen molar-refractivity contribution in [3.05, 3.63) is 60.2 Å². The van der Waals surface area contributed by atoms with Gasteiger partial charge in [-0.15, -0.1) is 0 Å². The first-order valence-corrected chi connectivity index (χ1v) is 7.60. The number of carbonyl (C=O) groups is 2. The van der Waals surface area contributed by atoms with E-state index in [1.54, 1.807) is 24.3 Å². The third-order valence-electron chi connectivity index (χ3n) is 3.57. The molecule has 0 saturated carbocycles. The topological polar surface area (TPSA) is 58.2 Å². The van der Waals surface area contributed by atoms with E-state index in [9.17, 15) is 9.59 Å². The first-order valence-electron chi connectivity index (χ1n) is 7.60. The zero-order valence-electron chi connectivity index (χ0n) is 13.7. The van der Waals surface area contributed by atoms with Crippen LogP contribution < -0.4 is 10.6 Å². The smallest absolute Gasteiger partial charge is 0.230 e. The summed E-state index contributed by atoms with van der Waals surface area (Å²) < 4.78 is 0. The molecule has 2 aromatic carbocycles. The van der Waals surface area contributed by atoms with E-state index < -0.39 is 5.41 Å². The Kier molecular flexibility index (Phi) is 5.16. The van der Waals surface area contributed by atoms with Crippen molar-refractivity contribution in [1.29, 1.82) is 0 Å². The fourth-order valence-corrected chi connectivity index (χ4v) is 2.33. The maximum atomic E-state index is 12.5. The van der Waals surface area contributed by atoms with Crippen LogP contribution in [0.3, 0.4) is 0 Å². The summed E-state index contributed by atoms with van der Waals surface area (Å²) in [5, 5.41) is 5.63. The SMILES string of the molecule is CC(=O)Nc1ccc(NC(=O)C(C)(C)Cc2ccccc2)cc1. The minimum Gasteiger partial charge on any atom is -0.326 e. The molecule has 120 valence electrons. The molecule has 0 aliphatic carbocycles. The Bertz CT molecular complexity index is 676. The molecule has 0 spiro atoms. The molecule has 0 bridgehead atoms. The molecule has 4 heteroatoms. The highest BCUT2D eigenvalue weighted by atomic mass is 16.2. The number of rotatable bonds is 5. The van der Waals surface area contributed by atoms with Gasteiger partial charge in [0.25, 0.3) is 0 Å². The molecular weight excluding hydrogens is 288 g/mol. The van der Waals surface area contributed by atoms with Crippen molar-refractivity contribution in [2.45, 2.75) is 27.2 Å². The predicted molar refractivity (Wildman–Crippen MR) is 93.3 cm³/mol. The summed E-state index contributed by atoms with van der Waals surface area (Å²) in [7, 11) is 0. The number of hydrogen-bond donors (Lipinski definition) is 2. The fraction of sp³-hybridized carbons (Fsp3) is 0.263. The highest BCUT2D eigenvalue weighted by Crippen LogP contribution is 2.24. The first kappa shape index (κ1) is 16.7. The number of benzene rings is 2. The summed E-state index contributed by atoms with van der Waals surface area (Å²) >= 11 is 0. The Labute approximate surface area is 136 Å². The van der Waals surface area contributed by atoms with E-state index in [1.807, 2.05) is 44.2 Å². The van der Waals surface area contributed by atoms with Crippen LogP contribution >= 0.6 is 0 Å². The van der Waals surface area contributed by atoms with Gasteiger partial charge in [-0.2, -0.15) is 0 Å². The van der Waals surface area contributed by atoms with Gasteiger partial charge < -0.3 is 10.6 Å². The van der Waals surface area contributed by atoms with E-state index in [0.29, 0.717) is 17.8 Å². The van der Waals surface area contributed by atoms with Crippen molar-refractivity contribution in [3.8, 4) is 0 Å². The number of hydrogen-bond acceptors (Lipinski definition) is 2. The van der Waals surface area contributed by atoms with Crippen molar-refractivity contribution in [1.82, 2.24) is 0 Å². The van der Waals surface area contributed by atoms with E-state index >= 15 is 0 Å². The second-order valence-electron chi connectivity index (χ2n) is 6.26. The standard InChI is InChI=1S/C19H22N2O2/c1-14(22)20-16-9-11-17(12-10-16)21-18(23)19(2,3)13-15-7-5-4-6-8-15/h4-12H,13H2,1-3H3,(H,20,22)(H,21,23). The van der Waals surface area contributed by atoms with E-state index in [2.05, 4.69) is 10.6 Å². The number of carbonyl (C=O) groups excluding carboxylic acids is 2. The van der Waals surface area contributed by atoms with E-state index in [0.717, 1.165) is 5.56 Å². The summed E-state index contributed by atoms with van der Waals surface area (Å²) in [5.41, 5.74) is 2.04. The van der Waals surface area contributed by atoms with E-state index in [1.165, 1.54) is 6.92 Å². The molecule has 0 aromatic heterocycles. The molecule has 0 heterocycles. The second-order valence-corrected chi connectivity index (χ2v) is 6.26. The molecule has 2 aromatic rings. The van der Waals surface area contributed by atoms with Gasteiger partial charge in [-0.1, -0.05) is 44.2 Å². The van der Waals surface area contributed by atoms with Gasteiger partial charge in [0.05, 0.1) is 0 Å². The average Bonchev–Trinajstić information content (AvgIpc) is 2.49. The molecule has 2 rings (SSSR count). The lowest BCUT2D eigenvalue weighted by Gasteiger charge is -2.23. The van der Waals surface area contributed by atoms with Gasteiger partial charge in [-0.3, -0.25) is 9.59 Å². The monoisotopic (exact) mass is 310 g/mol. The van der Waals surface area contributed by atoms with Crippen molar-refractivity contribution in [2.24, 2.45) is 5.41 Å². The highest BCUT2D eigenvalue weighted by molar-refractivity contribution is 5.95. The van der Waals surface area contributed by atoms with E-state index in [4.69, 9.17) is 0 Å². The Morgan fingerprint density at radius 3 is 1.91 bits per heavy atom. The summed E-state index contributed by atoms with van der Waals surface area (Å²) in [4.78, 5) is 23.5. The summed E-state index contributed by atoms with van der Waals surface area (Å²) in [5.74, 6) is -0.153. The Hall–Kier alpha value is -2.62. The minimum absolute atomic E-state index is 0.0337. The molecule has 0 aliphatic rings. The van der Waals surface area contributed by atoms with Gasteiger partial charge in [-0.25, -0.2) is 0 Å². The quantitative estimate of drug-likeness (QED) is 0.881. The van der Waals surface area contributed by atoms with Crippen molar-refractivity contribution >= 4 is 23.2 Å². The van der Waals surface area contributed by atoms with Crippen LogP contribution in [-0.2, 0) is 16.0 Å². The van der Waals surface area contributed by atoms with Crippen LogP contribution in [0, 0.1) is 5.41 Å². The zero-order valence-corrected chi connectivity index (χ0v) is 13.7. The Balaban J connectivity index is 2.01. The van der Waals surface area contributed by atoms with Crippen LogP contribution in [0.5, 0.6) is 0 Å². The number of nitrogens with one attached hydrogen (secondary N) is 2. The van der Waals surface area contributed by atoms with Gasteiger partial charge in [0.15, 0.2) is 0 Å². The summed E-state index contributed by atoms with van der Waals surface area (Å²) in [6.45, 7) is 5.32. The molecule has 23 heavy (non-hydrogen) atoms. The van der Waals surface area contributed by atoms with Crippen LogP contribution in [0.4, 0.5) is 11.4 Å². The van der Waals surface area contributed by atoms with Crippen LogP contribution in [0.2, 0.25) is 0 Å². The molecule has 0 fully saturated rings. The lowest BCUT2D eigenvalue weighted by Crippen LogP contribution is -2.32. The van der Waals surface area contributed by atoms with Gasteiger partial charge in [-0.05, 0) is 36.2 Å². The normalized spacial score (nSPS) is 10.9. The third-order valence-corrected chi connectivity index (χ3v) is 3.57. The number of amides is 2. The Morgan fingerprint density at radius 1 is 0.870 bits per heavy atom. The van der Waals surface area contributed by atoms with Gasteiger partial charge >= 0.3 is 0 Å². The molecule has 0 atom stereocenters. The molecule has 0 unspecified atom stereocenters. The second kappa shape index (κ2) is 7.09. The molecule has 0 saturated heterocycles. The van der Waals surface area contributed by atoms with Crippen molar-refractivity contribution < 1.29 is 9.59 Å². The van der Waals surface area contributed by atoms with Gasteiger partial charge in [0.1, 0.15) is 0 Å². The molecule has 0 radical (unpaired) electrons. The van der Waals surface area contributed by atoms with Crippen LogP contribution in [0.1, 0.15) is 26.3 Å². The molecule has 0 aliphatic heterocycles. The molecule has 2 N–H and O–H groups in total. The average molecular weight is 310 g/mol. The van der Waals surface area contributed by atoms with Crippen molar-refractivity contribution in [2.75, 3.05) is 10.6 Å². The maximum absolute atomic E-state index is 12.5. The highest BCUT2D eigenvalue weighted by Gasteiger charge is 2.27. The first-order chi connectivity index (χ1) is 10.9. The Morgan fingerprint density at radius 2 is 1.39 bits per heavy atom. The van der Waals surface area contributed by atoms with Gasteiger partial charge in [0.2, 0.25) is 11.8 Å². The van der Waals surface area contributed by atoms with Crippen LogP contribution in [-0.4, -0.2) is 11.8 Å². The lowest BCUT2D eigenvalue weighted by molar-refractivity contribution is -0.124. The summed E-state index contributed by atoms with van der Waals surface area (Å²) in [6.07, 6.45) is 0.670. The van der Waals surface area contributed by atoms with E-state index in [-0.39, 0.29) is 11.8 Å². The predicted octanol–water partition coefficient (Wildman–Crippen LogP) is 3.85. The largest absolute Gasteiger partial charge is 0.326 e. The van der Waals surface area contributed by atoms with Crippen LogP contribution in [0.25, 0.3) is 0 Å². The molecular formula is C19H22N2O2.